The quantitative estimate of drug-likeness (QED) is 0.391. The molecule has 20 heavy (non-hydrogen) atoms. The van der Waals surface area contributed by atoms with E-state index in [1.54, 1.807) is 0 Å². The van der Waals surface area contributed by atoms with Crippen molar-refractivity contribution in [1.82, 2.24) is 5.32 Å². The van der Waals surface area contributed by atoms with Crippen LogP contribution in [0.1, 0.15) is 13.3 Å². The van der Waals surface area contributed by atoms with Crippen LogP contribution in [0.2, 0.25) is 0 Å². The zero-order valence-electron chi connectivity index (χ0n) is 11.2. The molecule has 2 aliphatic carbocycles. The number of nitrogens with two attached hydrogens (primary N) is 1. The van der Waals surface area contributed by atoms with Gasteiger partial charge in [0.2, 0.25) is 5.91 Å². The Labute approximate surface area is 136 Å². The summed E-state index contributed by atoms with van der Waals surface area (Å²) in [5.74, 6) is -6.21. The molecular formula is C11H15FN2NaO5+. The Morgan fingerprint density at radius 2 is 1.95 bits per heavy atom. The first-order chi connectivity index (χ1) is 8.72. The molecule has 0 aromatic heterocycles. The first-order valence-electron chi connectivity index (χ1n) is 5.90. The van der Waals surface area contributed by atoms with Gasteiger partial charge in [0.05, 0.1) is 12.0 Å². The van der Waals surface area contributed by atoms with Gasteiger partial charge in [-0.25, -0.2) is 9.18 Å². The fourth-order valence-corrected chi connectivity index (χ4v) is 3.07. The summed E-state index contributed by atoms with van der Waals surface area (Å²) in [6, 6.07) is -0.949. The van der Waals surface area contributed by atoms with Gasteiger partial charge in [0.1, 0.15) is 11.7 Å². The minimum absolute atomic E-state index is 0. The zero-order valence-corrected chi connectivity index (χ0v) is 13.2. The second-order valence-electron chi connectivity index (χ2n) is 5.24. The molecule has 0 aromatic rings. The number of amides is 1. The van der Waals surface area contributed by atoms with Gasteiger partial charge in [0.15, 0.2) is 0 Å². The summed E-state index contributed by atoms with van der Waals surface area (Å²) in [6.07, 6.45) is -1.96. The Kier molecular flexibility index (Phi) is 4.85. The molecule has 7 nitrogen and oxygen atoms in total. The Hall–Kier alpha value is -0.700. The maximum atomic E-state index is 13.8. The van der Waals surface area contributed by atoms with Crippen molar-refractivity contribution < 1.29 is 58.5 Å². The SMILES string of the molecule is C[C@H](N)C(=O)N[C@@]1(C(=O)O)C[C@@H](F)[C@H]2[C@H](C(=O)O)[C@H]21.[Na+]. The summed E-state index contributed by atoms with van der Waals surface area (Å²) in [5.41, 5.74) is 3.48. The second-order valence-corrected chi connectivity index (χ2v) is 5.24. The first-order valence-corrected chi connectivity index (χ1v) is 5.90. The Morgan fingerprint density at radius 1 is 1.40 bits per heavy atom. The van der Waals surface area contributed by atoms with Gasteiger partial charge >= 0.3 is 41.5 Å². The predicted molar refractivity (Wildman–Crippen MR) is 59.8 cm³/mol. The molecule has 2 saturated carbocycles. The van der Waals surface area contributed by atoms with Crippen LogP contribution in [0.4, 0.5) is 4.39 Å². The van der Waals surface area contributed by atoms with Crippen molar-refractivity contribution in [1.29, 1.82) is 0 Å². The van der Waals surface area contributed by atoms with Gasteiger partial charge in [-0.05, 0) is 6.92 Å². The third kappa shape index (κ3) is 2.45. The van der Waals surface area contributed by atoms with Gasteiger partial charge in [-0.2, -0.15) is 0 Å². The van der Waals surface area contributed by atoms with Gasteiger partial charge in [0.25, 0.3) is 0 Å². The van der Waals surface area contributed by atoms with E-state index in [-0.39, 0.29) is 29.6 Å². The van der Waals surface area contributed by atoms with Crippen LogP contribution in [0.25, 0.3) is 0 Å². The number of carboxylic acids is 2. The molecule has 0 aromatic carbocycles. The molecule has 0 heterocycles. The van der Waals surface area contributed by atoms with Crippen LogP contribution in [0.15, 0.2) is 0 Å². The molecule has 0 spiro atoms. The number of hydrogen-bond acceptors (Lipinski definition) is 4. The van der Waals surface area contributed by atoms with Crippen molar-refractivity contribution in [3.63, 3.8) is 0 Å². The third-order valence-electron chi connectivity index (χ3n) is 4.01. The van der Waals surface area contributed by atoms with Crippen molar-refractivity contribution in [2.75, 3.05) is 0 Å². The van der Waals surface area contributed by atoms with Crippen molar-refractivity contribution in [2.45, 2.75) is 31.1 Å². The second kappa shape index (κ2) is 5.59. The number of fused-ring (bicyclic) bond motifs is 1. The summed E-state index contributed by atoms with van der Waals surface area (Å²) < 4.78 is 13.8. The minimum atomic E-state index is -1.86. The summed E-state index contributed by atoms with van der Waals surface area (Å²) in [4.78, 5) is 34.0. The number of hydrogen-bond donors (Lipinski definition) is 4. The van der Waals surface area contributed by atoms with Crippen LogP contribution in [-0.2, 0) is 14.4 Å². The Morgan fingerprint density at radius 3 is 2.30 bits per heavy atom. The minimum Gasteiger partial charge on any atom is -0.481 e. The molecule has 2 fully saturated rings. The molecular weight excluding hydrogens is 282 g/mol. The third-order valence-corrected chi connectivity index (χ3v) is 4.01. The first kappa shape index (κ1) is 17.4. The Bertz CT molecular complexity index is 460. The van der Waals surface area contributed by atoms with Crippen molar-refractivity contribution in [2.24, 2.45) is 23.5 Å². The number of rotatable bonds is 4. The molecule has 6 atom stereocenters. The summed E-state index contributed by atoms with van der Waals surface area (Å²) in [7, 11) is 0. The number of carboxylic acid groups (broad SMARTS) is 2. The summed E-state index contributed by atoms with van der Waals surface area (Å²) in [6.45, 7) is 1.37. The van der Waals surface area contributed by atoms with Gasteiger partial charge < -0.3 is 21.3 Å². The number of alkyl halides is 1. The molecule has 2 rings (SSSR count). The molecule has 5 N–H and O–H groups in total. The Balaban J connectivity index is 0.00000200. The van der Waals surface area contributed by atoms with Crippen LogP contribution in [0.3, 0.4) is 0 Å². The number of carbonyl (C=O) groups is 3. The maximum absolute atomic E-state index is 13.8. The molecule has 0 bridgehead atoms. The number of aliphatic carboxylic acids is 2. The summed E-state index contributed by atoms with van der Waals surface area (Å²) >= 11 is 0. The van der Waals surface area contributed by atoms with E-state index in [1.807, 2.05) is 0 Å². The molecule has 2 aliphatic rings. The zero-order chi connectivity index (χ0) is 14.5. The van der Waals surface area contributed by atoms with Gasteiger partial charge in [0, 0.05) is 18.3 Å². The van der Waals surface area contributed by atoms with Crippen molar-refractivity contribution in [3.05, 3.63) is 0 Å². The van der Waals surface area contributed by atoms with Crippen LogP contribution in [-0.4, -0.2) is 45.8 Å². The van der Waals surface area contributed by atoms with E-state index in [2.05, 4.69) is 5.32 Å². The maximum Gasteiger partial charge on any atom is 1.00 e. The normalized spacial score (nSPS) is 39.1. The largest absolute Gasteiger partial charge is 1.00 e. The van der Waals surface area contributed by atoms with E-state index >= 15 is 0 Å². The molecule has 0 unspecified atom stereocenters. The van der Waals surface area contributed by atoms with Crippen LogP contribution in [0.5, 0.6) is 0 Å². The van der Waals surface area contributed by atoms with Crippen LogP contribution < -0.4 is 40.6 Å². The van der Waals surface area contributed by atoms with Gasteiger partial charge in [-0.1, -0.05) is 0 Å². The van der Waals surface area contributed by atoms with E-state index in [9.17, 15) is 23.9 Å². The average molecular weight is 297 g/mol. The van der Waals surface area contributed by atoms with E-state index in [1.165, 1.54) is 6.92 Å². The van der Waals surface area contributed by atoms with Gasteiger partial charge in [-0.3, -0.25) is 9.59 Å². The molecule has 9 heteroatoms. The fraction of sp³-hybridized carbons (Fsp3) is 0.727. The van der Waals surface area contributed by atoms with E-state index < -0.39 is 59.8 Å². The van der Waals surface area contributed by atoms with E-state index in [0.29, 0.717) is 0 Å². The number of carbonyl (C=O) groups excluding carboxylic acids is 1. The van der Waals surface area contributed by atoms with E-state index in [0.717, 1.165) is 0 Å². The smallest absolute Gasteiger partial charge is 0.481 e. The topological polar surface area (TPSA) is 130 Å². The molecule has 0 radical (unpaired) electrons. The number of halogens is 1. The van der Waals surface area contributed by atoms with Crippen LogP contribution >= 0.6 is 0 Å². The molecule has 1 amide bonds. The van der Waals surface area contributed by atoms with E-state index in [4.69, 9.17) is 10.8 Å². The molecule has 106 valence electrons. The molecule has 0 saturated heterocycles. The molecule has 0 aliphatic heterocycles. The number of nitrogens with one attached hydrogen (secondary N) is 1. The predicted octanol–water partition coefficient (Wildman–Crippen LogP) is -4.03. The summed E-state index contributed by atoms with van der Waals surface area (Å²) in [5, 5.41) is 20.5. The van der Waals surface area contributed by atoms with Gasteiger partial charge in [-0.15, -0.1) is 0 Å². The van der Waals surface area contributed by atoms with Crippen molar-refractivity contribution >= 4 is 17.8 Å². The monoisotopic (exact) mass is 297 g/mol. The fourth-order valence-electron chi connectivity index (χ4n) is 3.07. The standard InChI is InChI=1S/C11H15FN2O5.Na/c1-3(13)8(15)14-11(10(18)19)2-4(12)5-6(7(5)11)9(16)17;/h3-7H,2,13H2,1H3,(H,14,15)(H,16,17)(H,18,19);/q;+1/t3-,4+,5-,6-,7-,11-;/m0./s1. The van der Waals surface area contributed by atoms with Crippen LogP contribution in [0, 0.1) is 17.8 Å². The van der Waals surface area contributed by atoms with Crippen molar-refractivity contribution in [3.8, 4) is 0 Å². The average Bonchev–Trinajstić information content (AvgIpc) is 2.96.